The maximum absolute atomic E-state index is 12.4. The number of oxime groups is 1. The van der Waals surface area contributed by atoms with E-state index < -0.39 is 0 Å². The number of nitrogens with zero attached hydrogens (tertiary/aromatic N) is 4. The Hall–Kier alpha value is -2.44. The van der Waals surface area contributed by atoms with E-state index in [4.69, 9.17) is 5.21 Å². The second-order valence-corrected chi connectivity index (χ2v) is 5.67. The van der Waals surface area contributed by atoms with Gasteiger partial charge in [0.1, 0.15) is 11.0 Å². The van der Waals surface area contributed by atoms with E-state index in [1.54, 1.807) is 11.0 Å². The largest absolute Gasteiger partial charge is 0.411 e. The Labute approximate surface area is 127 Å². The zero-order valence-electron chi connectivity index (χ0n) is 12.4. The first kappa shape index (κ1) is 14.5. The molecule has 0 atom stereocenters. The van der Waals surface area contributed by atoms with E-state index in [1.807, 2.05) is 19.2 Å². The number of hydrogen-bond donors (Lipinski definition) is 1. The summed E-state index contributed by atoms with van der Waals surface area (Å²) in [6.45, 7) is 0. The Kier molecular flexibility index (Phi) is 4.04. The fourth-order valence-corrected chi connectivity index (χ4v) is 2.86. The highest BCUT2D eigenvalue weighted by molar-refractivity contribution is 5.85. The van der Waals surface area contributed by atoms with E-state index in [2.05, 4.69) is 20.1 Å². The smallest absolute Gasteiger partial charge is 0.226 e. The molecule has 7 nitrogen and oxygen atoms in total. The molecule has 1 fully saturated rings. The summed E-state index contributed by atoms with van der Waals surface area (Å²) in [7, 11) is 1.84. The molecule has 1 amide bonds. The molecule has 0 unspecified atom stereocenters. The molecule has 1 N–H and O–H groups in total. The second kappa shape index (κ2) is 6.13. The van der Waals surface area contributed by atoms with Gasteiger partial charge in [0.2, 0.25) is 5.91 Å². The van der Waals surface area contributed by atoms with Crippen LogP contribution in [0.5, 0.6) is 0 Å². The van der Waals surface area contributed by atoms with Gasteiger partial charge < -0.3 is 10.1 Å². The highest BCUT2D eigenvalue weighted by Crippen LogP contribution is 2.21. The van der Waals surface area contributed by atoms with Crippen molar-refractivity contribution in [3.05, 3.63) is 23.8 Å². The first-order valence-corrected chi connectivity index (χ1v) is 7.34. The number of carbonyl (C=O) groups excluding carboxylic acids is 1. The van der Waals surface area contributed by atoms with Crippen LogP contribution in [0.1, 0.15) is 31.2 Å². The van der Waals surface area contributed by atoms with Gasteiger partial charge in [0, 0.05) is 13.1 Å². The van der Waals surface area contributed by atoms with Crippen LogP contribution in [-0.2, 0) is 11.2 Å². The van der Waals surface area contributed by atoms with Crippen molar-refractivity contribution in [1.82, 2.24) is 15.2 Å². The molecular formula is C15H18N4O3. The fourth-order valence-electron chi connectivity index (χ4n) is 2.86. The lowest BCUT2D eigenvalue weighted by Gasteiger charge is -2.31. The van der Waals surface area contributed by atoms with Crippen LogP contribution in [-0.4, -0.2) is 45.1 Å². The van der Waals surface area contributed by atoms with E-state index >= 15 is 0 Å². The molecule has 1 aliphatic rings. The summed E-state index contributed by atoms with van der Waals surface area (Å²) in [4.78, 5) is 14.2. The van der Waals surface area contributed by atoms with Crippen LogP contribution in [0.25, 0.3) is 11.0 Å². The zero-order chi connectivity index (χ0) is 15.5. The van der Waals surface area contributed by atoms with E-state index in [0.717, 1.165) is 37.0 Å². The molecule has 7 heteroatoms. The highest BCUT2D eigenvalue weighted by atomic mass is 16.6. The summed E-state index contributed by atoms with van der Waals surface area (Å²) < 4.78 is 4.66. The van der Waals surface area contributed by atoms with Gasteiger partial charge in [0.25, 0.3) is 0 Å². The average molecular weight is 302 g/mol. The maximum Gasteiger partial charge on any atom is 0.226 e. The maximum atomic E-state index is 12.4. The molecule has 0 saturated heterocycles. The second-order valence-electron chi connectivity index (χ2n) is 5.67. The van der Waals surface area contributed by atoms with Gasteiger partial charge in [0.05, 0.1) is 12.1 Å². The van der Waals surface area contributed by atoms with Crippen molar-refractivity contribution >= 4 is 22.7 Å². The highest BCUT2D eigenvalue weighted by Gasteiger charge is 2.24. The molecule has 0 spiro atoms. The molecule has 0 radical (unpaired) electrons. The standard InChI is InChI=1S/C15H18N4O3/c1-19(12-5-3-11(16-21)4-6-12)15(20)9-10-2-7-13-14(8-10)18-22-17-13/h2,7-8,12,21H,3-6,9H2,1H3. The minimum absolute atomic E-state index is 0.0743. The predicted octanol–water partition coefficient (Wildman–Crippen LogP) is 2.00. The molecule has 1 aromatic carbocycles. The van der Waals surface area contributed by atoms with Gasteiger partial charge in [-0.2, -0.15) is 0 Å². The van der Waals surface area contributed by atoms with E-state index in [-0.39, 0.29) is 11.9 Å². The van der Waals surface area contributed by atoms with Crippen LogP contribution < -0.4 is 0 Å². The molecule has 1 aliphatic carbocycles. The van der Waals surface area contributed by atoms with Gasteiger partial charge in [-0.15, -0.1) is 0 Å². The normalized spacial score (nSPS) is 18.4. The number of likely N-dealkylation sites (N-methyl/N-ethyl adjacent to an activating group) is 1. The SMILES string of the molecule is CN(C(=O)Cc1ccc2nonc2c1)C1CCC(=NO)CC1. The predicted molar refractivity (Wildman–Crippen MR) is 79.8 cm³/mol. The van der Waals surface area contributed by atoms with Crippen LogP contribution in [0.15, 0.2) is 28.0 Å². The number of carbonyl (C=O) groups is 1. The third-order valence-electron chi connectivity index (χ3n) is 4.29. The van der Waals surface area contributed by atoms with Gasteiger partial charge >= 0.3 is 0 Å². The number of rotatable bonds is 3. The number of fused-ring (bicyclic) bond motifs is 1. The van der Waals surface area contributed by atoms with E-state index in [1.165, 1.54) is 0 Å². The van der Waals surface area contributed by atoms with Gasteiger partial charge in [-0.25, -0.2) is 4.63 Å². The lowest BCUT2D eigenvalue weighted by molar-refractivity contribution is -0.131. The van der Waals surface area contributed by atoms with Crippen LogP contribution in [0.2, 0.25) is 0 Å². The average Bonchev–Trinajstić information content (AvgIpc) is 3.02. The quantitative estimate of drug-likeness (QED) is 0.691. The fraction of sp³-hybridized carbons (Fsp3) is 0.467. The molecule has 2 aromatic rings. The number of hydrogen-bond acceptors (Lipinski definition) is 6. The Morgan fingerprint density at radius 3 is 2.82 bits per heavy atom. The molecular weight excluding hydrogens is 284 g/mol. The van der Waals surface area contributed by atoms with Gasteiger partial charge in [-0.05, 0) is 53.7 Å². The molecule has 1 saturated carbocycles. The third-order valence-corrected chi connectivity index (χ3v) is 4.29. The third kappa shape index (κ3) is 2.93. The van der Waals surface area contributed by atoms with Crippen molar-refractivity contribution in [3.8, 4) is 0 Å². The van der Waals surface area contributed by atoms with Crippen molar-refractivity contribution in [2.45, 2.75) is 38.1 Å². The van der Waals surface area contributed by atoms with Gasteiger partial charge in [-0.1, -0.05) is 11.2 Å². The van der Waals surface area contributed by atoms with Crippen LogP contribution >= 0.6 is 0 Å². The molecule has 0 aliphatic heterocycles. The topological polar surface area (TPSA) is 91.8 Å². The lowest BCUT2D eigenvalue weighted by Crippen LogP contribution is -2.40. The summed E-state index contributed by atoms with van der Waals surface area (Å²) in [6, 6.07) is 5.71. The molecule has 3 rings (SSSR count). The molecule has 22 heavy (non-hydrogen) atoms. The van der Waals surface area contributed by atoms with Crippen molar-refractivity contribution in [3.63, 3.8) is 0 Å². The van der Waals surface area contributed by atoms with Crippen molar-refractivity contribution < 1.29 is 14.6 Å². The number of amides is 1. The summed E-state index contributed by atoms with van der Waals surface area (Å²) in [5.74, 6) is 0.0743. The summed E-state index contributed by atoms with van der Waals surface area (Å²) in [5, 5.41) is 19.6. The Morgan fingerprint density at radius 1 is 1.36 bits per heavy atom. The van der Waals surface area contributed by atoms with Gasteiger partial charge in [-0.3, -0.25) is 4.79 Å². The van der Waals surface area contributed by atoms with Crippen LogP contribution in [0.4, 0.5) is 0 Å². The molecule has 0 bridgehead atoms. The monoisotopic (exact) mass is 302 g/mol. The summed E-state index contributed by atoms with van der Waals surface area (Å²) >= 11 is 0. The minimum Gasteiger partial charge on any atom is -0.411 e. The van der Waals surface area contributed by atoms with Crippen molar-refractivity contribution in [2.75, 3.05) is 7.05 Å². The lowest BCUT2D eigenvalue weighted by atomic mass is 9.92. The first-order chi connectivity index (χ1) is 10.7. The number of benzene rings is 1. The summed E-state index contributed by atoms with van der Waals surface area (Å²) in [6.07, 6.45) is 3.50. The van der Waals surface area contributed by atoms with Crippen molar-refractivity contribution in [1.29, 1.82) is 0 Å². The Morgan fingerprint density at radius 2 is 2.09 bits per heavy atom. The molecule has 1 heterocycles. The summed E-state index contributed by atoms with van der Waals surface area (Å²) in [5.41, 5.74) is 3.07. The zero-order valence-corrected chi connectivity index (χ0v) is 12.4. The minimum atomic E-state index is 0.0743. The van der Waals surface area contributed by atoms with E-state index in [0.29, 0.717) is 17.5 Å². The van der Waals surface area contributed by atoms with Gasteiger partial charge in [0.15, 0.2) is 0 Å². The Balaban J connectivity index is 1.63. The van der Waals surface area contributed by atoms with Crippen LogP contribution in [0.3, 0.4) is 0 Å². The van der Waals surface area contributed by atoms with Crippen LogP contribution in [0, 0.1) is 0 Å². The first-order valence-electron chi connectivity index (χ1n) is 7.34. The van der Waals surface area contributed by atoms with Crippen molar-refractivity contribution in [2.24, 2.45) is 5.16 Å². The number of aromatic nitrogens is 2. The molecule has 1 aromatic heterocycles. The Bertz CT molecular complexity index is 700. The molecule has 116 valence electrons. The van der Waals surface area contributed by atoms with E-state index in [9.17, 15) is 4.79 Å².